The molecule has 0 fully saturated rings. The normalized spacial score (nSPS) is 14.9. The van der Waals surface area contributed by atoms with E-state index in [1.165, 1.54) is 21.5 Å². The quantitative estimate of drug-likeness (QED) is 0.212. The molecule has 0 radical (unpaired) electrons. The predicted molar refractivity (Wildman–Crippen MR) is 186 cm³/mol. The van der Waals surface area contributed by atoms with E-state index in [2.05, 4.69) is 108 Å². The Balaban J connectivity index is 1.26. The van der Waals surface area contributed by atoms with Crippen molar-refractivity contribution in [2.45, 2.75) is 6.17 Å². The number of para-hydroxylation sites is 1. The smallest absolute Gasteiger partial charge is 0.159 e. The highest BCUT2D eigenvalue weighted by molar-refractivity contribution is 6.14. The van der Waals surface area contributed by atoms with Crippen LogP contribution in [-0.4, -0.2) is 11.7 Å². The largest absolute Gasteiger partial charge is 0.456 e. The zero-order valence-electron chi connectivity index (χ0n) is 24.3. The fourth-order valence-electron chi connectivity index (χ4n) is 6.53. The van der Waals surface area contributed by atoms with E-state index in [-0.39, 0.29) is 6.17 Å². The number of amidine groups is 2. The van der Waals surface area contributed by atoms with Gasteiger partial charge in [0.25, 0.3) is 0 Å². The number of nitrogens with one attached hydrogen (secondary N) is 1. The van der Waals surface area contributed by atoms with Crippen LogP contribution in [0.25, 0.3) is 54.6 Å². The lowest BCUT2D eigenvalue weighted by Crippen LogP contribution is -2.33. The lowest BCUT2D eigenvalue weighted by Gasteiger charge is -2.24. The number of aliphatic imine (C=N–C) groups is 2. The summed E-state index contributed by atoms with van der Waals surface area (Å²) < 4.78 is 6.51. The average Bonchev–Trinajstić information content (AvgIpc) is 3.50. The van der Waals surface area contributed by atoms with Gasteiger partial charge in [0.05, 0.1) is 0 Å². The van der Waals surface area contributed by atoms with Gasteiger partial charge < -0.3 is 9.73 Å². The lowest BCUT2D eigenvalue weighted by molar-refractivity contribution is 0.662. The summed E-state index contributed by atoms with van der Waals surface area (Å²) >= 11 is 0. The van der Waals surface area contributed by atoms with Crippen LogP contribution in [0.1, 0.15) is 22.9 Å². The first-order chi connectivity index (χ1) is 22.3. The molecule has 8 aromatic rings. The molecular formula is C41H27N3O. The van der Waals surface area contributed by atoms with Gasteiger partial charge in [0, 0.05) is 27.5 Å². The van der Waals surface area contributed by atoms with E-state index in [1.807, 2.05) is 48.5 Å². The molecule has 1 atom stereocenters. The second-order valence-electron chi connectivity index (χ2n) is 11.5. The van der Waals surface area contributed by atoms with Gasteiger partial charge in [-0.1, -0.05) is 127 Å². The maximum Gasteiger partial charge on any atom is 0.159 e. The molecule has 212 valence electrons. The molecule has 1 aliphatic rings. The van der Waals surface area contributed by atoms with Crippen LogP contribution in [0.3, 0.4) is 0 Å². The van der Waals surface area contributed by atoms with E-state index in [9.17, 15) is 0 Å². The summed E-state index contributed by atoms with van der Waals surface area (Å²) in [6, 6.07) is 52.8. The molecule has 0 saturated heterocycles. The Labute approximate surface area is 260 Å². The number of fused-ring (bicyclic) bond motifs is 6. The first-order valence-electron chi connectivity index (χ1n) is 15.2. The third kappa shape index (κ3) is 4.38. The number of benzene rings is 7. The van der Waals surface area contributed by atoms with E-state index in [1.54, 1.807) is 0 Å². The van der Waals surface area contributed by atoms with Crippen molar-refractivity contribution in [3.05, 3.63) is 168 Å². The standard InChI is InChI=1S/C41H27N3O/c1-3-12-27(13-4-1)39-42-40(28-14-5-2-6-15-28)44-41(43-39)35-24-31(25-37-38(35)34-17-9-10-18-36(34)45-37)29-21-22-33-30(23-29)20-19-26-11-7-8-16-32(26)33/h1-25,41H,(H,42,43,44). The second-order valence-corrected chi connectivity index (χ2v) is 11.5. The monoisotopic (exact) mass is 577 g/mol. The van der Waals surface area contributed by atoms with Crippen LogP contribution < -0.4 is 5.32 Å². The fourth-order valence-corrected chi connectivity index (χ4v) is 6.53. The van der Waals surface area contributed by atoms with Gasteiger partial charge in [-0.25, -0.2) is 9.98 Å². The predicted octanol–water partition coefficient (Wildman–Crippen LogP) is 10.1. The maximum absolute atomic E-state index is 6.51. The second kappa shape index (κ2) is 10.3. The number of hydrogen-bond acceptors (Lipinski definition) is 4. The van der Waals surface area contributed by atoms with Crippen LogP contribution in [0.15, 0.2) is 166 Å². The van der Waals surface area contributed by atoms with E-state index in [0.29, 0.717) is 5.84 Å². The summed E-state index contributed by atoms with van der Waals surface area (Å²) in [5.41, 5.74) is 6.93. The number of hydrogen-bond donors (Lipinski definition) is 1. The van der Waals surface area contributed by atoms with Gasteiger partial charge >= 0.3 is 0 Å². The summed E-state index contributed by atoms with van der Waals surface area (Å²) in [6.45, 7) is 0. The van der Waals surface area contributed by atoms with Crippen molar-refractivity contribution in [2.75, 3.05) is 0 Å². The van der Waals surface area contributed by atoms with Crippen molar-refractivity contribution in [2.24, 2.45) is 9.98 Å². The Kier molecular flexibility index (Phi) is 5.85. The van der Waals surface area contributed by atoms with Crippen molar-refractivity contribution >= 4 is 55.2 Å². The first kappa shape index (κ1) is 25.5. The van der Waals surface area contributed by atoms with Crippen LogP contribution in [0.2, 0.25) is 0 Å². The lowest BCUT2D eigenvalue weighted by atomic mass is 9.94. The van der Waals surface area contributed by atoms with Crippen molar-refractivity contribution in [1.29, 1.82) is 0 Å². The number of nitrogens with zero attached hydrogens (tertiary/aromatic N) is 2. The molecule has 0 spiro atoms. The fraction of sp³-hybridized carbons (Fsp3) is 0.0244. The minimum absolute atomic E-state index is 0.388. The molecule has 0 aliphatic carbocycles. The molecule has 1 unspecified atom stereocenters. The summed E-state index contributed by atoms with van der Waals surface area (Å²) in [7, 11) is 0. The van der Waals surface area contributed by atoms with Gasteiger partial charge in [0.15, 0.2) is 5.84 Å². The molecule has 0 amide bonds. The van der Waals surface area contributed by atoms with Crippen LogP contribution in [-0.2, 0) is 0 Å². The molecule has 4 nitrogen and oxygen atoms in total. The van der Waals surface area contributed by atoms with Crippen molar-refractivity contribution < 1.29 is 4.42 Å². The highest BCUT2D eigenvalue weighted by atomic mass is 16.3. The molecule has 7 aromatic carbocycles. The highest BCUT2D eigenvalue weighted by Crippen LogP contribution is 2.40. The molecule has 0 saturated carbocycles. The summed E-state index contributed by atoms with van der Waals surface area (Å²) in [5, 5.41) is 10.8. The van der Waals surface area contributed by atoms with E-state index in [0.717, 1.165) is 55.6 Å². The highest BCUT2D eigenvalue weighted by Gasteiger charge is 2.25. The molecule has 4 heteroatoms. The van der Waals surface area contributed by atoms with E-state index < -0.39 is 0 Å². The van der Waals surface area contributed by atoms with Crippen LogP contribution >= 0.6 is 0 Å². The summed E-state index contributed by atoms with van der Waals surface area (Å²) in [6.07, 6.45) is -0.388. The van der Waals surface area contributed by atoms with Crippen molar-refractivity contribution in [3.63, 3.8) is 0 Å². The third-order valence-corrected chi connectivity index (χ3v) is 8.70. The Hall–Kier alpha value is -6.00. The van der Waals surface area contributed by atoms with Gasteiger partial charge in [-0.2, -0.15) is 0 Å². The Morgan fingerprint density at radius 1 is 0.489 bits per heavy atom. The maximum atomic E-state index is 6.51. The molecule has 2 heterocycles. The minimum Gasteiger partial charge on any atom is -0.456 e. The van der Waals surface area contributed by atoms with Crippen LogP contribution in [0.5, 0.6) is 0 Å². The van der Waals surface area contributed by atoms with Crippen molar-refractivity contribution in [3.8, 4) is 11.1 Å². The molecule has 0 bridgehead atoms. The first-order valence-corrected chi connectivity index (χ1v) is 15.2. The number of furan rings is 1. The van der Waals surface area contributed by atoms with E-state index in [4.69, 9.17) is 14.4 Å². The van der Waals surface area contributed by atoms with E-state index >= 15 is 0 Å². The molecule has 1 aliphatic heterocycles. The molecule has 9 rings (SSSR count). The molecule has 45 heavy (non-hydrogen) atoms. The molecule has 1 N–H and O–H groups in total. The molecule has 1 aromatic heterocycles. The van der Waals surface area contributed by atoms with Gasteiger partial charge in [0.2, 0.25) is 0 Å². The SMILES string of the molecule is c1ccc(C2=NC(c3cc(-c4ccc5c(ccc6ccccc65)c4)cc4oc5ccccc5c34)NC(c3ccccc3)=N2)cc1. The van der Waals surface area contributed by atoms with Crippen LogP contribution in [0.4, 0.5) is 0 Å². The molecular weight excluding hydrogens is 550 g/mol. The van der Waals surface area contributed by atoms with Gasteiger partial charge in [-0.3, -0.25) is 0 Å². The summed E-state index contributed by atoms with van der Waals surface area (Å²) in [4.78, 5) is 10.2. The average molecular weight is 578 g/mol. The Morgan fingerprint density at radius 3 is 2.02 bits per heavy atom. The summed E-state index contributed by atoms with van der Waals surface area (Å²) in [5.74, 6) is 1.49. The third-order valence-electron chi connectivity index (χ3n) is 8.70. The minimum atomic E-state index is -0.388. The van der Waals surface area contributed by atoms with Gasteiger partial charge in [-0.15, -0.1) is 0 Å². The van der Waals surface area contributed by atoms with Crippen molar-refractivity contribution in [1.82, 2.24) is 5.32 Å². The van der Waals surface area contributed by atoms with Gasteiger partial charge in [-0.05, 0) is 56.9 Å². The Morgan fingerprint density at radius 2 is 1.18 bits per heavy atom. The topological polar surface area (TPSA) is 49.9 Å². The van der Waals surface area contributed by atoms with Gasteiger partial charge in [0.1, 0.15) is 23.2 Å². The number of rotatable bonds is 4. The zero-order chi connectivity index (χ0) is 29.7. The zero-order valence-corrected chi connectivity index (χ0v) is 24.3. The van der Waals surface area contributed by atoms with Crippen LogP contribution in [0, 0.1) is 0 Å². The Bertz CT molecular complexity index is 2460.